The summed E-state index contributed by atoms with van der Waals surface area (Å²) in [5.74, 6) is 1.97. The molecule has 2 rings (SSSR count). The highest BCUT2D eigenvalue weighted by molar-refractivity contribution is 14.0. The number of guanidine groups is 1. The van der Waals surface area contributed by atoms with E-state index in [1.807, 2.05) is 13.8 Å². The SMILES string of the molecule is CN=C(NCc1nc(C)c(C)o1)NCc1ccc(S(=O)(=O)N(C)C)s1.I. The fourth-order valence-corrected chi connectivity index (χ4v) is 4.40. The summed E-state index contributed by atoms with van der Waals surface area (Å²) in [7, 11) is 1.31. The summed E-state index contributed by atoms with van der Waals surface area (Å²) < 4.78 is 31.2. The average molecular weight is 513 g/mol. The Balaban J connectivity index is 0.00000338. The van der Waals surface area contributed by atoms with Gasteiger partial charge in [0.15, 0.2) is 5.96 Å². The van der Waals surface area contributed by atoms with E-state index in [1.54, 1.807) is 19.2 Å². The number of oxazole rings is 1. The fourth-order valence-electron chi connectivity index (χ4n) is 1.94. The van der Waals surface area contributed by atoms with Crippen LogP contribution in [0.5, 0.6) is 0 Å². The molecule has 0 spiro atoms. The van der Waals surface area contributed by atoms with Gasteiger partial charge in [0.25, 0.3) is 10.0 Å². The number of aromatic nitrogens is 1. The minimum absolute atomic E-state index is 0. The first-order chi connectivity index (χ1) is 11.7. The van der Waals surface area contributed by atoms with E-state index < -0.39 is 10.0 Å². The average Bonchev–Trinajstić information content (AvgIpc) is 3.15. The van der Waals surface area contributed by atoms with Gasteiger partial charge in [-0.05, 0) is 26.0 Å². The quantitative estimate of drug-likeness (QED) is 0.349. The number of thiophene rings is 1. The van der Waals surface area contributed by atoms with Crippen LogP contribution >= 0.6 is 35.3 Å². The van der Waals surface area contributed by atoms with Crippen molar-refractivity contribution < 1.29 is 12.8 Å². The van der Waals surface area contributed by atoms with Gasteiger partial charge in [-0.3, -0.25) is 4.99 Å². The molecule has 0 amide bonds. The molecule has 0 saturated carbocycles. The Morgan fingerprint density at radius 2 is 1.92 bits per heavy atom. The molecule has 11 heteroatoms. The van der Waals surface area contributed by atoms with Crippen molar-refractivity contribution in [3.8, 4) is 0 Å². The molecule has 2 aromatic rings. The molecule has 0 aliphatic carbocycles. The van der Waals surface area contributed by atoms with E-state index in [9.17, 15) is 8.42 Å². The third kappa shape index (κ3) is 5.66. The monoisotopic (exact) mass is 513 g/mol. The molecule has 2 aromatic heterocycles. The Bertz CT molecular complexity index is 839. The second-order valence-electron chi connectivity index (χ2n) is 5.54. The standard InChI is InChI=1S/C15H23N5O3S2.HI/c1-10-11(2)23-13(19-10)9-18-15(16-3)17-8-12-6-7-14(24-12)25(21,22)20(4)5;/h6-7H,8-9H2,1-5H3,(H2,16,17,18);1H. The molecule has 8 nitrogen and oxygen atoms in total. The molecule has 2 N–H and O–H groups in total. The van der Waals surface area contributed by atoms with Crippen LogP contribution in [0.1, 0.15) is 22.2 Å². The van der Waals surface area contributed by atoms with Gasteiger partial charge in [-0.2, -0.15) is 0 Å². The second-order valence-corrected chi connectivity index (χ2v) is 9.08. The Labute approximate surface area is 175 Å². The molecule has 0 fully saturated rings. The minimum Gasteiger partial charge on any atom is -0.444 e. The van der Waals surface area contributed by atoms with Gasteiger partial charge in [-0.1, -0.05) is 0 Å². The van der Waals surface area contributed by atoms with Crippen LogP contribution in [0.3, 0.4) is 0 Å². The van der Waals surface area contributed by atoms with Crippen molar-refractivity contribution >= 4 is 51.3 Å². The maximum absolute atomic E-state index is 12.1. The van der Waals surface area contributed by atoms with E-state index in [2.05, 4.69) is 20.6 Å². The van der Waals surface area contributed by atoms with E-state index in [0.717, 1.165) is 16.3 Å². The van der Waals surface area contributed by atoms with Crippen molar-refractivity contribution in [2.45, 2.75) is 31.1 Å². The summed E-state index contributed by atoms with van der Waals surface area (Å²) in [6.45, 7) is 4.65. The molecule has 0 saturated heterocycles. The number of hydrogen-bond acceptors (Lipinski definition) is 6. The number of sulfonamides is 1. The minimum atomic E-state index is -3.39. The van der Waals surface area contributed by atoms with Crippen LogP contribution < -0.4 is 10.6 Å². The maximum atomic E-state index is 12.1. The first-order valence-electron chi connectivity index (χ1n) is 7.62. The zero-order chi connectivity index (χ0) is 18.6. The second kappa shape index (κ2) is 9.67. The summed E-state index contributed by atoms with van der Waals surface area (Å²) in [5.41, 5.74) is 0.868. The van der Waals surface area contributed by atoms with Gasteiger partial charge >= 0.3 is 0 Å². The number of nitrogens with one attached hydrogen (secondary N) is 2. The van der Waals surface area contributed by atoms with Crippen LogP contribution in [0.15, 0.2) is 25.8 Å². The molecule has 0 radical (unpaired) electrons. The lowest BCUT2D eigenvalue weighted by Crippen LogP contribution is -2.36. The highest BCUT2D eigenvalue weighted by Crippen LogP contribution is 2.23. The summed E-state index contributed by atoms with van der Waals surface area (Å²) in [5, 5.41) is 6.26. The van der Waals surface area contributed by atoms with Crippen LogP contribution in [0.25, 0.3) is 0 Å². The van der Waals surface area contributed by atoms with Gasteiger partial charge in [-0.25, -0.2) is 17.7 Å². The summed E-state index contributed by atoms with van der Waals surface area (Å²) in [4.78, 5) is 9.33. The van der Waals surface area contributed by atoms with Crippen molar-refractivity contribution in [3.05, 3.63) is 34.4 Å². The lowest BCUT2D eigenvalue weighted by atomic mass is 10.4. The van der Waals surface area contributed by atoms with Crippen molar-refractivity contribution in [2.75, 3.05) is 21.1 Å². The molecule has 0 unspecified atom stereocenters. The number of aliphatic imine (C=N–C) groups is 1. The highest BCUT2D eigenvalue weighted by Gasteiger charge is 2.19. The summed E-state index contributed by atoms with van der Waals surface area (Å²) in [6.07, 6.45) is 0. The summed E-state index contributed by atoms with van der Waals surface area (Å²) in [6, 6.07) is 3.41. The molecular formula is C15H24IN5O3S2. The molecular weight excluding hydrogens is 489 g/mol. The molecule has 26 heavy (non-hydrogen) atoms. The topological polar surface area (TPSA) is 99.8 Å². The predicted molar refractivity (Wildman–Crippen MR) is 114 cm³/mol. The van der Waals surface area contributed by atoms with Crippen LogP contribution in [-0.4, -0.2) is 44.8 Å². The Hall–Kier alpha value is -1.18. The molecule has 0 bridgehead atoms. The highest BCUT2D eigenvalue weighted by atomic mass is 127. The van der Waals surface area contributed by atoms with Crippen LogP contribution in [0.4, 0.5) is 0 Å². The van der Waals surface area contributed by atoms with Crippen molar-refractivity contribution in [1.29, 1.82) is 0 Å². The molecule has 0 aliphatic rings. The lowest BCUT2D eigenvalue weighted by Gasteiger charge is -2.10. The Kier molecular flexibility index (Phi) is 8.50. The molecule has 2 heterocycles. The van der Waals surface area contributed by atoms with Crippen LogP contribution in [0.2, 0.25) is 0 Å². The van der Waals surface area contributed by atoms with Gasteiger partial charge in [0.2, 0.25) is 5.89 Å². The smallest absolute Gasteiger partial charge is 0.252 e. The molecule has 0 aromatic carbocycles. The molecule has 146 valence electrons. The van der Waals surface area contributed by atoms with Crippen LogP contribution in [-0.2, 0) is 23.1 Å². The third-order valence-electron chi connectivity index (χ3n) is 3.51. The normalized spacial score (nSPS) is 12.2. The number of rotatable bonds is 6. The van der Waals surface area contributed by atoms with Gasteiger partial charge in [0.1, 0.15) is 9.97 Å². The first kappa shape index (κ1) is 22.9. The maximum Gasteiger partial charge on any atom is 0.252 e. The fraction of sp³-hybridized carbons (Fsp3) is 0.467. The molecule has 0 atom stereocenters. The number of aryl methyl sites for hydroxylation is 2. The van der Waals surface area contributed by atoms with E-state index in [0.29, 0.717) is 29.1 Å². The van der Waals surface area contributed by atoms with Crippen molar-refractivity contribution in [3.63, 3.8) is 0 Å². The number of nitrogens with zero attached hydrogens (tertiary/aromatic N) is 3. The van der Waals surface area contributed by atoms with E-state index in [4.69, 9.17) is 4.42 Å². The number of halogens is 1. The Morgan fingerprint density at radius 3 is 2.46 bits per heavy atom. The number of hydrogen-bond donors (Lipinski definition) is 2. The van der Waals surface area contributed by atoms with Gasteiger partial charge in [0, 0.05) is 26.0 Å². The van der Waals surface area contributed by atoms with E-state index in [1.165, 1.54) is 29.7 Å². The predicted octanol–water partition coefficient (Wildman–Crippen LogP) is 2.09. The third-order valence-corrected chi connectivity index (χ3v) is 6.87. The largest absolute Gasteiger partial charge is 0.444 e. The van der Waals surface area contributed by atoms with Gasteiger partial charge < -0.3 is 15.1 Å². The zero-order valence-corrected chi connectivity index (χ0v) is 19.3. The van der Waals surface area contributed by atoms with Gasteiger partial charge in [-0.15, -0.1) is 35.3 Å². The lowest BCUT2D eigenvalue weighted by molar-refractivity contribution is 0.463. The van der Waals surface area contributed by atoms with E-state index in [-0.39, 0.29) is 24.0 Å². The van der Waals surface area contributed by atoms with E-state index >= 15 is 0 Å². The van der Waals surface area contributed by atoms with Crippen molar-refractivity contribution in [1.82, 2.24) is 19.9 Å². The zero-order valence-electron chi connectivity index (χ0n) is 15.4. The Morgan fingerprint density at radius 1 is 1.27 bits per heavy atom. The van der Waals surface area contributed by atoms with Crippen molar-refractivity contribution in [2.24, 2.45) is 4.99 Å². The van der Waals surface area contributed by atoms with Gasteiger partial charge in [0.05, 0.1) is 18.8 Å². The molecule has 0 aliphatic heterocycles. The van der Waals surface area contributed by atoms with Crippen LogP contribution in [0, 0.1) is 13.8 Å². The summed E-state index contributed by atoms with van der Waals surface area (Å²) >= 11 is 1.23. The first-order valence-corrected chi connectivity index (χ1v) is 9.88.